The van der Waals surface area contributed by atoms with E-state index in [0.717, 1.165) is 29.8 Å². The first-order chi connectivity index (χ1) is 13.7. The van der Waals surface area contributed by atoms with Crippen LogP contribution in [0.3, 0.4) is 0 Å². The summed E-state index contributed by atoms with van der Waals surface area (Å²) in [5.74, 6) is 0.527. The van der Waals surface area contributed by atoms with E-state index in [2.05, 4.69) is 10.3 Å². The molecule has 3 heterocycles. The molecule has 1 atom stereocenters. The van der Waals surface area contributed by atoms with Crippen molar-refractivity contribution < 1.29 is 14.3 Å². The van der Waals surface area contributed by atoms with E-state index in [4.69, 9.17) is 4.74 Å². The van der Waals surface area contributed by atoms with Crippen LogP contribution in [-0.2, 0) is 11.3 Å². The van der Waals surface area contributed by atoms with E-state index in [1.54, 1.807) is 22.2 Å². The predicted molar refractivity (Wildman–Crippen MR) is 105 cm³/mol. The Kier molecular flexibility index (Phi) is 5.41. The zero-order chi connectivity index (χ0) is 19.3. The quantitative estimate of drug-likeness (QED) is 0.887. The minimum absolute atomic E-state index is 0.0104. The molecule has 146 valence electrons. The van der Waals surface area contributed by atoms with Gasteiger partial charge in [-0.3, -0.25) is 14.7 Å². The normalized spacial score (nSPS) is 18.8. The molecule has 1 aromatic carbocycles. The smallest absolute Gasteiger partial charge is 0.324 e. The summed E-state index contributed by atoms with van der Waals surface area (Å²) >= 11 is 0. The molecule has 0 aliphatic carbocycles. The number of likely N-dealkylation sites (tertiary alicyclic amines) is 1. The summed E-state index contributed by atoms with van der Waals surface area (Å²) in [6, 6.07) is 11.3. The van der Waals surface area contributed by atoms with E-state index >= 15 is 0 Å². The van der Waals surface area contributed by atoms with Crippen LogP contribution in [0.5, 0.6) is 5.75 Å². The molecule has 7 nitrogen and oxygen atoms in total. The summed E-state index contributed by atoms with van der Waals surface area (Å²) in [6.45, 7) is 2.56. The number of carbonyl (C=O) groups excluding carboxylic acids is 2. The summed E-state index contributed by atoms with van der Waals surface area (Å²) in [6.07, 6.45) is 5.07. The van der Waals surface area contributed by atoms with Crippen molar-refractivity contribution in [2.45, 2.75) is 19.4 Å². The number of benzene rings is 1. The van der Waals surface area contributed by atoms with Crippen LogP contribution >= 0.6 is 0 Å². The Balaban J connectivity index is 1.38. The number of urea groups is 1. The third kappa shape index (κ3) is 3.93. The summed E-state index contributed by atoms with van der Waals surface area (Å²) in [4.78, 5) is 33.3. The van der Waals surface area contributed by atoms with Crippen molar-refractivity contribution in [2.24, 2.45) is 5.92 Å². The lowest BCUT2D eigenvalue weighted by Crippen LogP contribution is -2.52. The fourth-order valence-electron chi connectivity index (χ4n) is 3.74. The van der Waals surface area contributed by atoms with Gasteiger partial charge in [0.05, 0.1) is 18.2 Å². The highest BCUT2D eigenvalue weighted by Crippen LogP contribution is 2.32. The first-order valence-electron chi connectivity index (χ1n) is 9.67. The van der Waals surface area contributed by atoms with Gasteiger partial charge in [0.1, 0.15) is 12.4 Å². The second-order valence-electron chi connectivity index (χ2n) is 7.11. The molecule has 1 aromatic heterocycles. The van der Waals surface area contributed by atoms with Crippen molar-refractivity contribution >= 4 is 17.6 Å². The number of nitrogens with zero attached hydrogens (tertiary/aromatic N) is 3. The third-order valence-electron chi connectivity index (χ3n) is 5.21. The van der Waals surface area contributed by atoms with Crippen LogP contribution < -0.4 is 15.0 Å². The number of carbonyl (C=O) groups is 2. The number of rotatable bonds is 3. The van der Waals surface area contributed by atoms with E-state index < -0.39 is 0 Å². The van der Waals surface area contributed by atoms with Gasteiger partial charge >= 0.3 is 6.03 Å². The molecule has 28 heavy (non-hydrogen) atoms. The van der Waals surface area contributed by atoms with Crippen molar-refractivity contribution in [3.05, 3.63) is 54.4 Å². The Morgan fingerprint density at radius 1 is 1.18 bits per heavy atom. The van der Waals surface area contributed by atoms with Gasteiger partial charge in [-0.05, 0) is 36.6 Å². The maximum absolute atomic E-state index is 13.1. The minimum atomic E-state index is -0.189. The number of pyridine rings is 1. The molecule has 0 spiro atoms. The number of amides is 3. The van der Waals surface area contributed by atoms with Gasteiger partial charge in [-0.2, -0.15) is 0 Å². The molecule has 0 radical (unpaired) electrons. The van der Waals surface area contributed by atoms with Gasteiger partial charge in [0, 0.05) is 32.0 Å². The van der Waals surface area contributed by atoms with Gasteiger partial charge < -0.3 is 15.0 Å². The molecule has 2 aromatic rings. The van der Waals surface area contributed by atoms with Crippen LogP contribution in [0.4, 0.5) is 10.5 Å². The number of anilines is 1. The molecule has 4 rings (SSSR count). The van der Waals surface area contributed by atoms with Crippen molar-refractivity contribution in [2.75, 3.05) is 31.1 Å². The highest BCUT2D eigenvalue weighted by molar-refractivity contribution is 5.94. The van der Waals surface area contributed by atoms with Gasteiger partial charge in [-0.25, -0.2) is 4.79 Å². The summed E-state index contributed by atoms with van der Waals surface area (Å²) in [7, 11) is 0. The SMILES string of the molecule is O=C(NCc1cccnc1)[C@@H]1CCCN(C(=O)N2CCOc3ccccc32)C1. The summed E-state index contributed by atoms with van der Waals surface area (Å²) in [5.41, 5.74) is 1.76. The number of ether oxygens (including phenoxy) is 1. The van der Waals surface area contributed by atoms with Gasteiger partial charge in [-0.15, -0.1) is 0 Å². The van der Waals surface area contributed by atoms with Crippen LogP contribution in [0.1, 0.15) is 18.4 Å². The Morgan fingerprint density at radius 3 is 2.93 bits per heavy atom. The predicted octanol–water partition coefficient (Wildman–Crippen LogP) is 2.43. The van der Waals surface area contributed by atoms with Crippen molar-refractivity contribution in [3.63, 3.8) is 0 Å². The number of hydrogen-bond acceptors (Lipinski definition) is 4. The topological polar surface area (TPSA) is 74.8 Å². The zero-order valence-electron chi connectivity index (χ0n) is 15.7. The van der Waals surface area contributed by atoms with E-state index in [1.807, 2.05) is 36.4 Å². The molecule has 1 fully saturated rings. The van der Waals surface area contributed by atoms with Crippen molar-refractivity contribution in [1.29, 1.82) is 0 Å². The Labute approximate surface area is 164 Å². The number of nitrogens with one attached hydrogen (secondary N) is 1. The molecule has 0 unspecified atom stereocenters. The fraction of sp³-hybridized carbons (Fsp3) is 0.381. The molecule has 0 saturated carbocycles. The van der Waals surface area contributed by atoms with Crippen LogP contribution in [0.15, 0.2) is 48.8 Å². The number of hydrogen-bond donors (Lipinski definition) is 1. The molecule has 3 amide bonds. The van der Waals surface area contributed by atoms with E-state index in [0.29, 0.717) is 32.8 Å². The molecule has 1 N–H and O–H groups in total. The maximum Gasteiger partial charge on any atom is 0.324 e. The second-order valence-corrected chi connectivity index (χ2v) is 7.11. The lowest BCUT2D eigenvalue weighted by atomic mass is 9.97. The lowest BCUT2D eigenvalue weighted by Gasteiger charge is -2.37. The third-order valence-corrected chi connectivity index (χ3v) is 5.21. The Morgan fingerprint density at radius 2 is 2.07 bits per heavy atom. The number of para-hydroxylation sites is 2. The zero-order valence-corrected chi connectivity index (χ0v) is 15.7. The van der Waals surface area contributed by atoms with Gasteiger partial charge in [0.25, 0.3) is 0 Å². The molecular formula is C21H24N4O3. The lowest BCUT2D eigenvalue weighted by molar-refractivity contribution is -0.126. The average Bonchev–Trinajstić information content (AvgIpc) is 2.77. The number of aromatic nitrogens is 1. The van der Waals surface area contributed by atoms with Gasteiger partial charge in [0.2, 0.25) is 5.91 Å². The number of fused-ring (bicyclic) bond motifs is 1. The summed E-state index contributed by atoms with van der Waals surface area (Å²) in [5, 5.41) is 2.97. The minimum Gasteiger partial charge on any atom is -0.490 e. The van der Waals surface area contributed by atoms with Crippen molar-refractivity contribution in [3.8, 4) is 5.75 Å². The first-order valence-corrected chi connectivity index (χ1v) is 9.67. The maximum atomic E-state index is 13.1. The van der Waals surface area contributed by atoms with Crippen LogP contribution in [0, 0.1) is 5.92 Å². The Bertz CT molecular complexity index is 843. The molecule has 7 heteroatoms. The van der Waals surface area contributed by atoms with Gasteiger partial charge in [0.15, 0.2) is 0 Å². The van der Waals surface area contributed by atoms with Crippen LogP contribution in [0.2, 0.25) is 0 Å². The van der Waals surface area contributed by atoms with E-state index in [-0.39, 0.29) is 17.9 Å². The summed E-state index contributed by atoms with van der Waals surface area (Å²) < 4.78 is 5.64. The standard InChI is InChI=1S/C21H24N4O3/c26-20(23-14-16-5-3-9-22-13-16)17-6-4-10-24(15-17)21(27)25-11-12-28-19-8-2-1-7-18(19)25/h1-3,5,7-9,13,17H,4,6,10-12,14-15H2,(H,23,26)/t17-/m1/s1. The van der Waals surface area contributed by atoms with Crippen LogP contribution in [-0.4, -0.2) is 48.1 Å². The van der Waals surface area contributed by atoms with E-state index in [9.17, 15) is 9.59 Å². The van der Waals surface area contributed by atoms with Crippen molar-refractivity contribution in [1.82, 2.24) is 15.2 Å². The highest BCUT2D eigenvalue weighted by atomic mass is 16.5. The largest absolute Gasteiger partial charge is 0.490 e. The average molecular weight is 380 g/mol. The molecule has 0 bridgehead atoms. The Hall–Kier alpha value is -3.09. The second kappa shape index (κ2) is 8.29. The number of piperidine rings is 1. The monoisotopic (exact) mass is 380 g/mol. The first kappa shape index (κ1) is 18.3. The highest BCUT2D eigenvalue weighted by Gasteiger charge is 2.33. The van der Waals surface area contributed by atoms with Crippen LogP contribution in [0.25, 0.3) is 0 Å². The molecule has 2 aliphatic rings. The van der Waals surface area contributed by atoms with E-state index in [1.165, 1.54) is 0 Å². The van der Waals surface area contributed by atoms with Gasteiger partial charge in [-0.1, -0.05) is 18.2 Å². The molecule has 2 aliphatic heterocycles. The molecular weight excluding hydrogens is 356 g/mol. The fourth-order valence-corrected chi connectivity index (χ4v) is 3.74. The molecule has 1 saturated heterocycles.